The number of rotatable bonds is 8. The molecule has 28 heavy (non-hydrogen) atoms. The Morgan fingerprint density at radius 2 is 1.96 bits per heavy atom. The highest BCUT2D eigenvalue weighted by Crippen LogP contribution is 2.28. The first-order valence-electron chi connectivity index (χ1n) is 8.58. The Kier molecular flexibility index (Phi) is 7.70. The molecule has 0 aliphatic carbocycles. The van der Waals surface area contributed by atoms with Gasteiger partial charge in [0.05, 0.1) is 18.6 Å². The second-order valence-corrected chi connectivity index (χ2v) is 6.15. The lowest BCUT2D eigenvalue weighted by molar-refractivity contribution is -0.385. The number of carbonyl (C=O) groups excluding carboxylic acids is 1. The molecule has 0 spiro atoms. The zero-order valence-electron chi connectivity index (χ0n) is 15.6. The Morgan fingerprint density at radius 1 is 1.21 bits per heavy atom. The number of benzene rings is 2. The molecule has 8 nitrogen and oxygen atoms in total. The van der Waals surface area contributed by atoms with Gasteiger partial charge in [0.15, 0.2) is 16.6 Å². The highest BCUT2D eigenvalue weighted by atomic mass is 32.1. The molecule has 2 aromatic carbocycles. The molecule has 1 amide bonds. The summed E-state index contributed by atoms with van der Waals surface area (Å²) in [4.78, 5) is 22.7. The number of para-hydroxylation sites is 1. The predicted molar refractivity (Wildman–Crippen MR) is 109 cm³/mol. The smallest absolute Gasteiger partial charge is 0.282 e. The number of hydrogen-bond acceptors (Lipinski definition) is 6. The van der Waals surface area contributed by atoms with Crippen LogP contribution in [0.25, 0.3) is 0 Å². The SMILES string of the molecule is CCCOc1ccc(CNC(=S)NC(=O)c2ccccc2[N+](=O)[O-])cc1OC. The van der Waals surface area contributed by atoms with Gasteiger partial charge in [0.1, 0.15) is 5.56 Å². The van der Waals surface area contributed by atoms with Crippen LogP contribution in [-0.2, 0) is 6.54 Å². The summed E-state index contributed by atoms with van der Waals surface area (Å²) in [5.74, 6) is 0.605. The number of nitro groups is 1. The third-order valence-electron chi connectivity index (χ3n) is 3.72. The van der Waals surface area contributed by atoms with E-state index in [2.05, 4.69) is 10.6 Å². The lowest BCUT2D eigenvalue weighted by atomic mass is 10.1. The average molecular weight is 403 g/mol. The number of carbonyl (C=O) groups is 1. The molecule has 0 aliphatic heterocycles. The maximum absolute atomic E-state index is 12.3. The van der Waals surface area contributed by atoms with Crippen molar-refractivity contribution in [2.24, 2.45) is 0 Å². The van der Waals surface area contributed by atoms with E-state index in [1.54, 1.807) is 19.2 Å². The van der Waals surface area contributed by atoms with Crippen molar-refractivity contribution in [2.45, 2.75) is 19.9 Å². The lowest BCUT2D eigenvalue weighted by Gasteiger charge is -2.13. The van der Waals surface area contributed by atoms with Gasteiger partial charge in [0.2, 0.25) is 0 Å². The number of hydrogen-bond donors (Lipinski definition) is 2. The van der Waals surface area contributed by atoms with Crippen LogP contribution in [0.3, 0.4) is 0 Å². The number of thiocarbonyl (C=S) groups is 1. The minimum Gasteiger partial charge on any atom is -0.493 e. The van der Waals surface area contributed by atoms with Crippen LogP contribution in [0.15, 0.2) is 42.5 Å². The minimum absolute atomic E-state index is 0.0595. The molecule has 0 unspecified atom stereocenters. The normalized spacial score (nSPS) is 10.1. The fraction of sp³-hybridized carbons (Fsp3) is 0.263. The zero-order chi connectivity index (χ0) is 20.5. The third kappa shape index (κ3) is 5.65. The van der Waals surface area contributed by atoms with Crippen LogP contribution in [0, 0.1) is 10.1 Å². The third-order valence-corrected chi connectivity index (χ3v) is 3.96. The molecular weight excluding hydrogens is 382 g/mol. The molecule has 0 heterocycles. The van der Waals surface area contributed by atoms with Crippen LogP contribution in [0.4, 0.5) is 5.69 Å². The van der Waals surface area contributed by atoms with Gasteiger partial charge in [0.25, 0.3) is 11.6 Å². The number of nitrogens with zero attached hydrogens (tertiary/aromatic N) is 1. The van der Waals surface area contributed by atoms with Gasteiger partial charge in [-0.25, -0.2) is 0 Å². The molecule has 2 rings (SSSR count). The van der Waals surface area contributed by atoms with Crippen molar-refractivity contribution in [2.75, 3.05) is 13.7 Å². The van der Waals surface area contributed by atoms with Crippen molar-refractivity contribution in [3.63, 3.8) is 0 Å². The molecule has 0 aromatic heterocycles. The van der Waals surface area contributed by atoms with Gasteiger partial charge in [-0.05, 0) is 42.4 Å². The fourth-order valence-electron chi connectivity index (χ4n) is 2.38. The number of ether oxygens (including phenoxy) is 2. The molecule has 148 valence electrons. The summed E-state index contributed by atoms with van der Waals surface area (Å²) in [5.41, 5.74) is 0.522. The van der Waals surface area contributed by atoms with Crippen LogP contribution < -0.4 is 20.1 Å². The topological polar surface area (TPSA) is 103 Å². The van der Waals surface area contributed by atoms with Gasteiger partial charge >= 0.3 is 0 Å². The first-order chi connectivity index (χ1) is 13.5. The second-order valence-electron chi connectivity index (χ2n) is 5.74. The molecule has 0 saturated carbocycles. The quantitative estimate of drug-likeness (QED) is 0.396. The summed E-state index contributed by atoms with van der Waals surface area (Å²) < 4.78 is 10.9. The van der Waals surface area contributed by atoms with Crippen LogP contribution in [0.5, 0.6) is 11.5 Å². The largest absolute Gasteiger partial charge is 0.493 e. The summed E-state index contributed by atoms with van der Waals surface area (Å²) in [6.45, 7) is 2.94. The van der Waals surface area contributed by atoms with Crippen molar-refractivity contribution in [3.8, 4) is 11.5 Å². The van der Waals surface area contributed by atoms with Crippen LogP contribution in [-0.4, -0.2) is 29.7 Å². The van der Waals surface area contributed by atoms with Gasteiger partial charge in [-0.3, -0.25) is 20.2 Å². The van der Waals surface area contributed by atoms with Crippen molar-refractivity contribution >= 4 is 28.9 Å². The summed E-state index contributed by atoms with van der Waals surface area (Å²) >= 11 is 5.11. The van der Waals surface area contributed by atoms with E-state index in [1.807, 2.05) is 19.1 Å². The second kappa shape index (κ2) is 10.2. The predicted octanol–water partition coefficient (Wildman–Crippen LogP) is 3.20. The highest BCUT2D eigenvalue weighted by Gasteiger charge is 2.19. The number of nitro benzene ring substituents is 1. The van der Waals surface area contributed by atoms with Gasteiger partial charge in [-0.1, -0.05) is 25.1 Å². The van der Waals surface area contributed by atoms with E-state index in [-0.39, 0.29) is 16.4 Å². The average Bonchev–Trinajstić information content (AvgIpc) is 2.70. The Bertz CT molecular complexity index is 872. The van der Waals surface area contributed by atoms with E-state index in [4.69, 9.17) is 21.7 Å². The number of methoxy groups -OCH3 is 1. The minimum atomic E-state index is -0.648. The zero-order valence-corrected chi connectivity index (χ0v) is 16.4. The summed E-state index contributed by atoms with van der Waals surface area (Å²) in [7, 11) is 1.56. The van der Waals surface area contributed by atoms with E-state index >= 15 is 0 Å². The molecule has 0 atom stereocenters. The van der Waals surface area contributed by atoms with E-state index in [0.29, 0.717) is 24.7 Å². The molecule has 0 saturated heterocycles. The number of amides is 1. The summed E-state index contributed by atoms with van der Waals surface area (Å²) in [6, 6.07) is 11.1. The van der Waals surface area contributed by atoms with Gasteiger partial charge in [-0.15, -0.1) is 0 Å². The Balaban J connectivity index is 1.97. The van der Waals surface area contributed by atoms with Crippen LogP contribution >= 0.6 is 12.2 Å². The van der Waals surface area contributed by atoms with E-state index in [0.717, 1.165) is 12.0 Å². The standard InChI is InChI=1S/C19H21N3O5S/c1-3-10-27-16-9-8-13(11-17(16)26-2)12-20-19(28)21-18(23)14-6-4-5-7-15(14)22(24)25/h4-9,11H,3,10,12H2,1-2H3,(H2,20,21,23,28). The first-order valence-corrected chi connectivity index (χ1v) is 8.99. The molecule has 0 radical (unpaired) electrons. The first kappa shape index (κ1) is 21.1. The molecule has 0 aliphatic rings. The summed E-state index contributed by atoms with van der Waals surface area (Å²) in [5, 5.41) is 16.4. The van der Waals surface area contributed by atoms with Crippen molar-refractivity contribution in [1.29, 1.82) is 0 Å². The van der Waals surface area contributed by atoms with Gasteiger partial charge < -0.3 is 14.8 Å². The molecular formula is C19H21N3O5S. The van der Waals surface area contributed by atoms with Crippen LogP contribution in [0.2, 0.25) is 0 Å². The lowest BCUT2D eigenvalue weighted by Crippen LogP contribution is -2.39. The molecule has 0 fully saturated rings. The number of nitrogens with one attached hydrogen (secondary N) is 2. The monoisotopic (exact) mass is 403 g/mol. The van der Waals surface area contributed by atoms with Crippen molar-refractivity contribution in [3.05, 3.63) is 63.7 Å². The Hall–Kier alpha value is -3.20. The van der Waals surface area contributed by atoms with Crippen molar-refractivity contribution < 1.29 is 19.2 Å². The molecule has 2 N–H and O–H groups in total. The maximum atomic E-state index is 12.3. The van der Waals surface area contributed by atoms with E-state index in [9.17, 15) is 14.9 Å². The molecule has 0 bridgehead atoms. The Labute approximate surface area is 168 Å². The van der Waals surface area contributed by atoms with Gasteiger partial charge in [-0.2, -0.15) is 0 Å². The van der Waals surface area contributed by atoms with E-state index < -0.39 is 10.8 Å². The maximum Gasteiger partial charge on any atom is 0.282 e. The molecule has 9 heteroatoms. The summed E-state index contributed by atoms with van der Waals surface area (Å²) in [6.07, 6.45) is 0.889. The fourth-order valence-corrected chi connectivity index (χ4v) is 2.54. The van der Waals surface area contributed by atoms with Gasteiger partial charge in [0, 0.05) is 12.6 Å². The molecule has 2 aromatic rings. The van der Waals surface area contributed by atoms with E-state index in [1.165, 1.54) is 18.2 Å². The Morgan fingerprint density at radius 3 is 2.64 bits per heavy atom. The van der Waals surface area contributed by atoms with Crippen molar-refractivity contribution in [1.82, 2.24) is 10.6 Å². The van der Waals surface area contributed by atoms with Crippen LogP contribution in [0.1, 0.15) is 29.3 Å². The highest BCUT2D eigenvalue weighted by molar-refractivity contribution is 7.80.